The summed E-state index contributed by atoms with van der Waals surface area (Å²) in [5, 5.41) is 5.88. The van der Waals surface area contributed by atoms with Gasteiger partial charge >= 0.3 is 0 Å². The van der Waals surface area contributed by atoms with E-state index in [1.54, 1.807) is 46.2 Å². The van der Waals surface area contributed by atoms with Crippen molar-refractivity contribution in [2.45, 2.75) is 19.9 Å². The van der Waals surface area contributed by atoms with Crippen LogP contribution < -0.4 is 10.6 Å². The van der Waals surface area contributed by atoms with E-state index in [1.165, 1.54) is 19.1 Å². The predicted molar refractivity (Wildman–Crippen MR) is 116 cm³/mol. The van der Waals surface area contributed by atoms with Crippen molar-refractivity contribution in [2.75, 3.05) is 38.0 Å². The Morgan fingerprint density at radius 2 is 1.68 bits per heavy atom. The smallest absolute Gasteiger partial charge is 0.254 e. The first-order valence-corrected chi connectivity index (χ1v) is 10.3. The lowest BCUT2D eigenvalue weighted by molar-refractivity contribution is -0.132. The molecule has 1 aliphatic rings. The summed E-state index contributed by atoms with van der Waals surface area (Å²) in [4.78, 5) is 40.3. The fourth-order valence-electron chi connectivity index (χ4n) is 3.45. The molecule has 0 radical (unpaired) electrons. The molecule has 0 bridgehead atoms. The number of hydrogen-bond donors (Lipinski definition) is 2. The van der Waals surface area contributed by atoms with E-state index in [2.05, 4.69) is 10.6 Å². The fraction of sp³-hybridized carbons (Fsp3) is 0.348. The zero-order valence-corrected chi connectivity index (χ0v) is 17.6. The number of hydrogen-bond acceptors (Lipinski definition) is 4. The van der Waals surface area contributed by atoms with Crippen molar-refractivity contribution in [1.82, 2.24) is 15.1 Å². The Bertz CT molecular complexity index is 909. The summed E-state index contributed by atoms with van der Waals surface area (Å²) >= 11 is 0. The minimum Gasteiger partial charge on any atom is -0.340 e. The Morgan fingerprint density at radius 1 is 1.03 bits per heavy atom. The molecule has 0 aliphatic carbocycles. The Balaban J connectivity index is 1.72. The average Bonchev–Trinajstić information content (AvgIpc) is 2.78. The van der Waals surface area contributed by atoms with Gasteiger partial charge in [0.1, 0.15) is 5.82 Å². The quantitative estimate of drug-likeness (QED) is 0.712. The van der Waals surface area contributed by atoms with Crippen LogP contribution in [-0.4, -0.2) is 60.2 Å². The molecule has 31 heavy (non-hydrogen) atoms. The van der Waals surface area contributed by atoms with Crippen LogP contribution in [0, 0.1) is 5.82 Å². The molecule has 1 heterocycles. The molecule has 2 aromatic rings. The molecule has 3 amide bonds. The molecule has 2 aromatic carbocycles. The highest BCUT2D eigenvalue weighted by Gasteiger charge is 2.21. The van der Waals surface area contributed by atoms with Gasteiger partial charge < -0.3 is 20.4 Å². The van der Waals surface area contributed by atoms with E-state index in [0.717, 1.165) is 18.7 Å². The molecule has 7 nitrogen and oxygen atoms in total. The highest BCUT2D eigenvalue weighted by molar-refractivity contribution is 5.95. The number of anilines is 1. The van der Waals surface area contributed by atoms with Gasteiger partial charge in [-0.05, 0) is 42.0 Å². The van der Waals surface area contributed by atoms with Crippen LogP contribution in [0.1, 0.15) is 29.3 Å². The maximum absolute atomic E-state index is 13.3. The van der Waals surface area contributed by atoms with E-state index in [1.807, 2.05) is 0 Å². The molecule has 0 unspecified atom stereocenters. The number of benzene rings is 2. The van der Waals surface area contributed by atoms with Crippen LogP contribution in [0.15, 0.2) is 48.5 Å². The molecule has 0 aromatic heterocycles. The third kappa shape index (κ3) is 6.62. The normalized spacial score (nSPS) is 13.5. The van der Waals surface area contributed by atoms with Crippen molar-refractivity contribution in [1.29, 1.82) is 0 Å². The van der Waals surface area contributed by atoms with E-state index < -0.39 is 0 Å². The summed E-state index contributed by atoms with van der Waals surface area (Å²) in [7, 11) is 0. The largest absolute Gasteiger partial charge is 0.340 e. The van der Waals surface area contributed by atoms with Crippen molar-refractivity contribution >= 4 is 23.4 Å². The SMILES string of the molecule is CC(=O)Nc1ccc(C(=O)N(CCC(=O)N2CCNCC2)Cc2ccc(F)cc2)cc1. The van der Waals surface area contributed by atoms with Crippen LogP contribution in [0.5, 0.6) is 0 Å². The average molecular weight is 426 g/mol. The molecule has 0 spiro atoms. The fourth-order valence-corrected chi connectivity index (χ4v) is 3.45. The van der Waals surface area contributed by atoms with Gasteiger partial charge in [0.25, 0.3) is 5.91 Å². The van der Waals surface area contributed by atoms with Crippen LogP contribution >= 0.6 is 0 Å². The van der Waals surface area contributed by atoms with Crippen molar-refractivity contribution in [3.8, 4) is 0 Å². The number of halogens is 1. The van der Waals surface area contributed by atoms with E-state index in [4.69, 9.17) is 0 Å². The number of nitrogens with zero attached hydrogens (tertiary/aromatic N) is 2. The first-order valence-electron chi connectivity index (χ1n) is 10.3. The van der Waals surface area contributed by atoms with Crippen molar-refractivity contribution in [3.05, 3.63) is 65.5 Å². The van der Waals surface area contributed by atoms with Gasteiger partial charge in [-0.25, -0.2) is 4.39 Å². The van der Waals surface area contributed by atoms with Gasteiger partial charge in [-0.2, -0.15) is 0 Å². The summed E-state index contributed by atoms with van der Waals surface area (Å²) < 4.78 is 13.3. The lowest BCUT2D eigenvalue weighted by Crippen LogP contribution is -2.47. The van der Waals surface area contributed by atoms with Crippen molar-refractivity contribution < 1.29 is 18.8 Å². The molecule has 0 atom stereocenters. The number of piperazine rings is 1. The second-order valence-corrected chi connectivity index (χ2v) is 7.49. The van der Waals surface area contributed by atoms with Crippen LogP contribution in [0.4, 0.5) is 10.1 Å². The van der Waals surface area contributed by atoms with Gasteiger partial charge in [0, 0.05) is 63.9 Å². The second-order valence-electron chi connectivity index (χ2n) is 7.49. The number of carbonyl (C=O) groups is 3. The van der Waals surface area contributed by atoms with Crippen LogP contribution in [0.25, 0.3) is 0 Å². The lowest BCUT2D eigenvalue weighted by atomic mass is 10.1. The van der Waals surface area contributed by atoms with Crippen molar-refractivity contribution in [2.24, 2.45) is 0 Å². The van der Waals surface area contributed by atoms with Gasteiger partial charge in [-0.3, -0.25) is 14.4 Å². The van der Waals surface area contributed by atoms with Crippen LogP contribution in [0.2, 0.25) is 0 Å². The molecule has 0 saturated carbocycles. The van der Waals surface area contributed by atoms with E-state index >= 15 is 0 Å². The van der Waals surface area contributed by atoms with E-state index in [9.17, 15) is 18.8 Å². The van der Waals surface area contributed by atoms with Gasteiger partial charge in [-0.15, -0.1) is 0 Å². The minimum atomic E-state index is -0.343. The molecule has 8 heteroatoms. The second kappa shape index (κ2) is 10.7. The highest BCUT2D eigenvalue weighted by atomic mass is 19.1. The zero-order valence-electron chi connectivity index (χ0n) is 17.6. The summed E-state index contributed by atoms with van der Waals surface area (Å²) in [6.45, 7) is 4.80. The topological polar surface area (TPSA) is 81.8 Å². The monoisotopic (exact) mass is 426 g/mol. The molecular formula is C23H27FN4O3. The maximum atomic E-state index is 13.3. The molecule has 2 N–H and O–H groups in total. The number of nitrogens with one attached hydrogen (secondary N) is 2. The predicted octanol–water partition coefficient (Wildman–Crippen LogP) is 2.25. The van der Waals surface area contributed by atoms with Crippen molar-refractivity contribution in [3.63, 3.8) is 0 Å². The van der Waals surface area contributed by atoms with E-state index in [0.29, 0.717) is 24.3 Å². The lowest BCUT2D eigenvalue weighted by Gasteiger charge is -2.29. The standard InChI is InChI=1S/C23H27FN4O3/c1-17(29)26-21-8-4-19(5-9-21)23(31)28(16-18-2-6-20(24)7-3-18)13-10-22(30)27-14-11-25-12-15-27/h2-9,25H,10-16H2,1H3,(H,26,29). The molecule has 1 saturated heterocycles. The summed E-state index contributed by atoms with van der Waals surface area (Å²) in [5.74, 6) is -0.751. The van der Waals surface area contributed by atoms with Crippen LogP contribution in [-0.2, 0) is 16.1 Å². The van der Waals surface area contributed by atoms with Crippen LogP contribution in [0.3, 0.4) is 0 Å². The maximum Gasteiger partial charge on any atom is 0.254 e. The number of carbonyl (C=O) groups excluding carboxylic acids is 3. The van der Waals surface area contributed by atoms with Gasteiger partial charge in [-0.1, -0.05) is 12.1 Å². The number of rotatable bonds is 7. The third-order valence-electron chi connectivity index (χ3n) is 5.09. The summed E-state index contributed by atoms with van der Waals surface area (Å²) in [5.41, 5.74) is 1.83. The van der Waals surface area contributed by atoms with E-state index in [-0.39, 0.29) is 43.0 Å². The molecule has 1 aliphatic heterocycles. The summed E-state index contributed by atoms with van der Waals surface area (Å²) in [6, 6.07) is 12.6. The Labute approximate surface area is 181 Å². The Morgan fingerprint density at radius 3 is 2.29 bits per heavy atom. The number of amides is 3. The minimum absolute atomic E-state index is 0.0133. The van der Waals surface area contributed by atoms with Gasteiger partial charge in [0.05, 0.1) is 0 Å². The molecular weight excluding hydrogens is 399 g/mol. The molecule has 164 valence electrons. The first-order chi connectivity index (χ1) is 14.9. The summed E-state index contributed by atoms with van der Waals surface area (Å²) in [6.07, 6.45) is 0.219. The first kappa shape index (κ1) is 22.4. The zero-order chi connectivity index (χ0) is 22.2. The van der Waals surface area contributed by atoms with Gasteiger partial charge in [0.15, 0.2) is 0 Å². The highest BCUT2D eigenvalue weighted by Crippen LogP contribution is 2.15. The Kier molecular flexibility index (Phi) is 7.72. The third-order valence-corrected chi connectivity index (χ3v) is 5.09. The van der Waals surface area contributed by atoms with Gasteiger partial charge in [0.2, 0.25) is 11.8 Å². The Hall–Kier alpha value is -3.26. The molecule has 1 fully saturated rings. The molecule has 3 rings (SSSR count).